The molecule has 1 aliphatic rings. The summed E-state index contributed by atoms with van der Waals surface area (Å²) in [6, 6.07) is 10.5. The Labute approximate surface area is 176 Å². The third kappa shape index (κ3) is 5.42. The maximum Gasteiger partial charge on any atom is 0.234 e. The minimum atomic E-state index is -0.223. The van der Waals surface area contributed by atoms with Crippen molar-refractivity contribution in [2.24, 2.45) is 0 Å². The fraction of sp³-hybridized carbons (Fsp3) is 0.435. The van der Waals surface area contributed by atoms with E-state index in [2.05, 4.69) is 10.2 Å². The zero-order valence-electron chi connectivity index (χ0n) is 17.7. The highest BCUT2D eigenvalue weighted by Crippen LogP contribution is 2.34. The fourth-order valence-corrected chi connectivity index (χ4v) is 3.94. The van der Waals surface area contributed by atoms with Crippen LogP contribution in [-0.2, 0) is 17.8 Å². The summed E-state index contributed by atoms with van der Waals surface area (Å²) in [4.78, 5) is 14.8. The number of methoxy groups -OCH3 is 3. The summed E-state index contributed by atoms with van der Waals surface area (Å²) in [6.45, 7) is 1.51. The molecule has 1 amide bonds. The molecule has 0 aromatic heterocycles. The van der Waals surface area contributed by atoms with Crippen LogP contribution in [0.5, 0.6) is 17.2 Å². The molecular weight excluding hydrogens is 387 g/mol. The molecule has 6 nitrogen and oxygen atoms in total. The maximum atomic E-state index is 13.5. The molecule has 2 aromatic rings. The van der Waals surface area contributed by atoms with Gasteiger partial charge in [0.05, 0.1) is 27.9 Å². The average Bonchev–Trinajstić information content (AvgIpc) is 3.17. The normalized spacial score (nSPS) is 16.3. The molecule has 0 aliphatic carbocycles. The molecule has 0 spiro atoms. The standard InChI is InChI=1S/C23H29FN2O4/c1-28-20-13-22(30-3)21(29-2)12-17(20)14-25-23(27)15-26-9-5-8-19(26)11-16-6-4-7-18(24)10-16/h4,6-7,10,12-13,19H,5,8-9,11,14-15H2,1-3H3,(H,25,27). The van der Waals surface area contributed by atoms with Crippen molar-refractivity contribution in [3.8, 4) is 17.2 Å². The zero-order valence-corrected chi connectivity index (χ0v) is 17.7. The molecule has 0 radical (unpaired) electrons. The number of likely N-dealkylation sites (tertiary alicyclic amines) is 1. The second kappa shape index (κ2) is 10.3. The van der Waals surface area contributed by atoms with Crippen molar-refractivity contribution >= 4 is 5.91 Å². The van der Waals surface area contributed by atoms with E-state index >= 15 is 0 Å². The number of carbonyl (C=O) groups excluding carboxylic acids is 1. The predicted octanol–water partition coefficient (Wildman–Crippen LogP) is 3.17. The van der Waals surface area contributed by atoms with E-state index in [1.165, 1.54) is 6.07 Å². The van der Waals surface area contributed by atoms with Gasteiger partial charge >= 0.3 is 0 Å². The van der Waals surface area contributed by atoms with Crippen LogP contribution in [0.1, 0.15) is 24.0 Å². The van der Waals surface area contributed by atoms with E-state index in [4.69, 9.17) is 14.2 Å². The van der Waals surface area contributed by atoms with Crippen molar-refractivity contribution in [3.05, 3.63) is 53.3 Å². The molecule has 30 heavy (non-hydrogen) atoms. The number of nitrogens with zero attached hydrogens (tertiary/aromatic N) is 1. The number of hydrogen-bond acceptors (Lipinski definition) is 5. The summed E-state index contributed by atoms with van der Waals surface area (Å²) in [5.74, 6) is 1.49. The molecule has 0 bridgehead atoms. The lowest BCUT2D eigenvalue weighted by molar-refractivity contribution is -0.122. The first-order chi connectivity index (χ1) is 14.5. The van der Waals surface area contributed by atoms with Gasteiger partial charge < -0.3 is 19.5 Å². The van der Waals surface area contributed by atoms with Crippen LogP contribution in [0, 0.1) is 5.82 Å². The van der Waals surface area contributed by atoms with Gasteiger partial charge in [-0.05, 0) is 49.6 Å². The van der Waals surface area contributed by atoms with Crippen molar-refractivity contribution in [2.45, 2.75) is 31.8 Å². The Balaban J connectivity index is 1.59. The molecule has 1 heterocycles. The molecule has 1 N–H and O–H groups in total. The van der Waals surface area contributed by atoms with Crippen LogP contribution < -0.4 is 19.5 Å². The van der Waals surface area contributed by atoms with Gasteiger partial charge in [0.2, 0.25) is 5.91 Å². The summed E-state index contributed by atoms with van der Waals surface area (Å²) < 4.78 is 29.5. The largest absolute Gasteiger partial charge is 0.496 e. The van der Waals surface area contributed by atoms with Crippen LogP contribution in [0.25, 0.3) is 0 Å². The van der Waals surface area contributed by atoms with E-state index < -0.39 is 0 Å². The van der Waals surface area contributed by atoms with Crippen molar-refractivity contribution in [2.75, 3.05) is 34.4 Å². The Kier molecular flexibility index (Phi) is 7.52. The number of hydrogen-bond donors (Lipinski definition) is 1. The Morgan fingerprint density at radius 2 is 1.83 bits per heavy atom. The monoisotopic (exact) mass is 416 g/mol. The Hall–Kier alpha value is -2.80. The second-order valence-corrected chi connectivity index (χ2v) is 7.40. The summed E-state index contributed by atoms with van der Waals surface area (Å²) >= 11 is 0. The van der Waals surface area contributed by atoms with E-state index in [0.717, 1.165) is 36.9 Å². The first-order valence-corrected chi connectivity index (χ1v) is 10.1. The van der Waals surface area contributed by atoms with Gasteiger partial charge in [-0.1, -0.05) is 12.1 Å². The van der Waals surface area contributed by atoms with Crippen LogP contribution >= 0.6 is 0 Å². The van der Waals surface area contributed by atoms with Crippen LogP contribution in [-0.4, -0.2) is 51.3 Å². The first-order valence-electron chi connectivity index (χ1n) is 10.1. The number of halogens is 1. The number of rotatable bonds is 9. The predicted molar refractivity (Wildman–Crippen MR) is 113 cm³/mol. The quantitative estimate of drug-likeness (QED) is 0.680. The minimum absolute atomic E-state index is 0.0574. The average molecular weight is 416 g/mol. The van der Waals surface area contributed by atoms with E-state index in [9.17, 15) is 9.18 Å². The van der Waals surface area contributed by atoms with Crippen LogP contribution in [0.3, 0.4) is 0 Å². The number of carbonyl (C=O) groups is 1. The molecule has 1 aliphatic heterocycles. The number of ether oxygens (including phenoxy) is 3. The highest BCUT2D eigenvalue weighted by atomic mass is 19.1. The van der Waals surface area contributed by atoms with Gasteiger partial charge in [0.15, 0.2) is 11.5 Å². The summed E-state index contributed by atoms with van der Waals surface area (Å²) in [6.07, 6.45) is 2.79. The van der Waals surface area contributed by atoms with Crippen molar-refractivity contribution in [3.63, 3.8) is 0 Å². The SMILES string of the molecule is COc1cc(OC)c(OC)cc1CNC(=O)CN1CCCC1Cc1cccc(F)c1. The molecule has 3 rings (SSSR count). The van der Waals surface area contributed by atoms with Gasteiger partial charge in [-0.3, -0.25) is 9.69 Å². The van der Waals surface area contributed by atoms with E-state index in [0.29, 0.717) is 30.3 Å². The molecule has 1 atom stereocenters. The second-order valence-electron chi connectivity index (χ2n) is 7.40. The highest BCUT2D eigenvalue weighted by Gasteiger charge is 2.26. The Morgan fingerprint density at radius 1 is 1.10 bits per heavy atom. The third-order valence-electron chi connectivity index (χ3n) is 5.47. The molecule has 0 saturated carbocycles. The van der Waals surface area contributed by atoms with Gasteiger partial charge in [0.1, 0.15) is 11.6 Å². The topological polar surface area (TPSA) is 60.0 Å². The summed E-state index contributed by atoms with van der Waals surface area (Å²) in [5, 5.41) is 2.97. The lowest BCUT2D eigenvalue weighted by Gasteiger charge is -2.24. The lowest BCUT2D eigenvalue weighted by atomic mass is 10.0. The highest BCUT2D eigenvalue weighted by molar-refractivity contribution is 5.78. The number of nitrogens with one attached hydrogen (secondary N) is 1. The van der Waals surface area contributed by atoms with Gasteiger partial charge in [-0.2, -0.15) is 0 Å². The van der Waals surface area contributed by atoms with Gasteiger partial charge in [-0.25, -0.2) is 4.39 Å². The van der Waals surface area contributed by atoms with E-state index in [1.54, 1.807) is 45.6 Å². The zero-order chi connectivity index (χ0) is 21.5. The fourth-order valence-electron chi connectivity index (χ4n) is 3.94. The molecule has 1 fully saturated rings. The molecule has 2 aromatic carbocycles. The number of amides is 1. The first kappa shape index (κ1) is 21.9. The van der Waals surface area contributed by atoms with Gasteiger partial charge in [0, 0.05) is 24.2 Å². The van der Waals surface area contributed by atoms with Crippen molar-refractivity contribution in [1.82, 2.24) is 10.2 Å². The van der Waals surface area contributed by atoms with Gasteiger partial charge in [-0.15, -0.1) is 0 Å². The molecule has 1 saturated heterocycles. The number of benzene rings is 2. The van der Waals surface area contributed by atoms with E-state index in [1.807, 2.05) is 6.07 Å². The van der Waals surface area contributed by atoms with Crippen molar-refractivity contribution < 1.29 is 23.4 Å². The molecular formula is C23H29FN2O4. The molecule has 1 unspecified atom stereocenters. The Morgan fingerprint density at radius 3 is 2.53 bits per heavy atom. The third-order valence-corrected chi connectivity index (χ3v) is 5.47. The van der Waals surface area contributed by atoms with Crippen molar-refractivity contribution in [1.29, 1.82) is 0 Å². The van der Waals surface area contributed by atoms with Crippen LogP contribution in [0.15, 0.2) is 36.4 Å². The minimum Gasteiger partial charge on any atom is -0.496 e. The van der Waals surface area contributed by atoms with Gasteiger partial charge in [0.25, 0.3) is 0 Å². The summed E-state index contributed by atoms with van der Waals surface area (Å²) in [7, 11) is 4.71. The van der Waals surface area contributed by atoms with Crippen LogP contribution in [0.4, 0.5) is 4.39 Å². The van der Waals surface area contributed by atoms with E-state index in [-0.39, 0.29) is 17.8 Å². The smallest absolute Gasteiger partial charge is 0.234 e. The summed E-state index contributed by atoms with van der Waals surface area (Å²) in [5.41, 5.74) is 1.77. The van der Waals surface area contributed by atoms with Crippen LogP contribution in [0.2, 0.25) is 0 Å². The molecule has 162 valence electrons. The lowest BCUT2D eigenvalue weighted by Crippen LogP contribution is -2.40. The maximum absolute atomic E-state index is 13.5. The Bertz CT molecular complexity index is 874. The molecule has 7 heteroatoms.